The van der Waals surface area contributed by atoms with Crippen LogP contribution in [0, 0.1) is 5.92 Å². The number of benzene rings is 1. The van der Waals surface area contributed by atoms with E-state index in [0.717, 1.165) is 39.1 Å². The van der Waals surface area contributed by atoms with Crippen LogP contribution >= 0.6 is 0 Å². The molecule has 3 rings (SSSR count). The van der Waals surface area contributed by atoms with Crippen molar-refractivity contribution in [1.29, 1.82) is 0 Å². The lowest BCUT2D eigenvalue weighted by Crippen LogP contribution is -2.50. The molecule has 5 heteroatoms. The van der Waals surface area contributed by atoms with Crippen LogP contribution in [0.3, 0.4) is 0 Å². The predicted octanol–water partition coefficient (Wildman–Crippen LogP) is 2.30. The molecule has 2 heterocycles. The zero-order valence-electron chi connectivity index (χ0n) is 16.4. The number of hydrogen-bond acceptors (Lipinski definition) is 4. The van der Waals surface area contributed by atoms with Gasteiger partial charge in [0.15, 0.2) is 0 Å². The molecule has 0 saturated carbocycles. The largest absolute Gasteiger partial charge is 0.374 e. The molecule has 1 saturated heterocycles. The first-order chi connectivity index (χ1) is 12.5. The van der Waals surface area contributed by atoms with Crippen molar-refractivity contribution in [3.8, 4) is 0 Å². The van der Waals surface area contributed by atoms with Crippen molar-refractivity contribution in [2.75, 3.05) is 44.2 Å². The number of morpholine rings is 1. The van der Waals surface area contributed by atoms with Crippen LogP contribution in [0.25, 0.3) is 0 Å². The van der Waals surface area contributed by atoms with Gasteiger partial charge in [-0.2, -0.15) is 0 Å². The predicted molar refractivity (Wildman–Crippen MR) is 106 cm³/mol. The van der Waals surface area contributed by atoms with Gasteiger partial charge in [0, 0.05) is 37.9 Å². The number of nitrogens with zero attached hydrogens (tertiary/aromatic N) is 2. The average molecular weight is 360 g/mol. The van der Waals surface area contributed by atoms with Gasteiger partial charge in [-0.1, -0.05) is 32.0 Å². The summed E-state index contributed by atoms with van der Waals surface area (Å²) in [4.78, 5) is 17.2. The topological polar surface area (TPSA) is 44.8 Å². The molecule has 2 atom stereocenters. The molecule has 1 N–H and O–H groups in total. The molecule has 5 nitrogen and oxygen atoms in total. The molecule has 1 fully saturated rings. The van der Waals surface area contributed by atoms with E-state index >= 15 is 0 Å². The van der Waals surface area contributed by atoms with Gasteiger partial charge in [-0.05, 0) is 37.3 Å². The minimum Gasteiger partial charge on any atom is -0.374 e. The maximum atomic E-state index is 12.5. The summed E-state index contributed by atoms with van der Waals surface area (Å²) in [7, 11) is 0. The van der Waals surface area contributed by atoms with Crippen molar-refractivity contribution in [3.05, 3.63) is 29.8 Å². The monoisotopic (exact) mass is 359 g/mol. The van der Waals surface area contributed by atoms with E-state index in [-0.39, 0.29) is 12.0 Å². The second kappa shape index (κ2) is 8.87. The number of aryl methyl sites for hydroxylation is 1. The van der Waals surface area contributed by atoms with E-state index in [1.807, 2.05) is 0 Å². The molecule has 1 amide bonds. The molecule has 144 valence electrons. The molecule has 1 aromatic carbocycles. The first kappa shape index (κ1) is 19.2. The molecular weight excluding hydrogens is 326 g/mol. The third-order valence-electron chi connectivity index (χ3n) is 5.35. The van der Waals surface area contributed by atoms with E-state index in [1.54, 1.807) is 0 Å². The molecule has 0 spiro atoms. The summed E-state index contributed by atoms with van der Waals surface area (Å²) in [6.07, 6.45) is 2.29. The summed E-state index contributed by atoms with van der Waals surface area (Å²) in [5.74, 6) is 0.738. The van der Waals surface area contributed by atoms with E-state index in [0.29, 0.717) is 25.0 Å². The molecular formula is C21H33N3O2. The Bertz CT molecular complexity index is 605. The van der Waals surface area contributed by atoms with Gasteiger partial charge in [-0.25, -0.2) is 0 Å². The summed E-state index contributed by atoms with van der Waals surface area (Å²) in [6, 6.07) is 8.83. The molecule has 2 unspecified atom stereocenters. The van der Waals surface area contributed by atoms with Gasteiger partial charge in [0.1, 0.15) is 0 Å². The SMILES string of the molecule is CC(C)CN1CCOC(CNC(=O)CN2c3ccccc3CCC2C)C1. The zero-order chi connectivity index (χ0) is 18.5. The highest BCUT2D eigenvalue weighted by Crippen LogP contribution is 2.29. The summed E-state index contributed by atoms with van der Waals surface area (Å²) >= 11 is 0. The number of rotatable bonds is 6. The average Bonchev–Trinajstić information content (AvgIpc) is 2.62. The number of nitrogens with one attached hydrogen (secondary N) is 1. The minimum absolute atomic E-state index is 0.0816. The first-order valence-corrected chi connectivity index (χ1v) is 9.98. The molecule has 1 aromatic rings. The Balaban J connectivity index is 1.50. The number of fused-ring (bicyclic) bond motifs is 1. The van der Waals surface area contributed by atoms with Crippen molar-refractivity contribution in [3.63, 3.8) is 0 Å². The normalized spacial score (nSPS) is 23.8. The molecule has 26 heavy (non-hydrogen) atoms. The molecule has 2 aliphatic heterocycles. The maximum absolute atomic E-state index is 12.5. The smallest absolute Gasteiger partial charge is 0.239 e. The Morgan fingerprint density at radius 3 is 2.96 bits per heavy atom. The summed E-state index contributed by atoms with van der Waals surface area (Å²) < 4.78 is 5.84. The fourth-order valence-electron chi connectivity index (χ4n) is 4.03. The third kappa shape index (κ3) is 4.98. The molecule has 0 aliphatic carbocycles. The fourth-order valence-corrected chi connectivity index (χ4v) is 4.03. The van der Waals surface area contributed by atoms with Crippen molar-refractivity contribution in [1.82, 2.24) is 10.2 Å². The molecule has 2 aliphatic rings. The lowest BCUT2D eigenvalue weighted by atomic mass is 9.96. The van der Waals surface area contributed by atoms with Crippen LogP contribution in [0.5, 0.6) is 0 Å². The number of carbonyl (C=O) groups is 1. The highest BCUT2D eigenvalue weighted by molar-refractivity contribution is 5.82. The number of carbonyl (C=O) groups excluding carboxylic acids is 1. The Hall–Kier alpha value is -1.59. The van der Waals surface area contributed by atoms with Crippen LogP contribution in [-0.4, -0.2) is 62.3 Å². The highest BCUT2D eigenvalue weighted by Gasteiger charge is 2.25. The van der Waals surface area contributed by atoms with Gasteiger partial charge in [0.2, 0.25) is 5.91 Å². The second-order valence-electron chi connectivity index (χ2n) is 8.09. The number of ether oxygens (including phenoxy) is 1. The fraction of sp³-hybridized carbons (Fsp3) is 0.667. The molecule has 0 aromatic heterocycles. The lowest BCUT2D eigenvalue weighted by Gasteiger charge is -2.37. The Labute approximate surface area is 157 Å². The number of anilines is 1. The van der Waals surface area contributed by atoms with Gasteiger partial charge >= 0.3 is 0 Å². The van der Waals surface area contributed by atoms with Crippen LogP contribution in [0.1, 0.15) is 32.8 Å². The Morgan fingerprint density at radius 2 is 2.15 bits per heavy atom. The Kier molecular flexibility index (Phi) is 6.54. The molecule has 0 radical (unpaired) electrons. The van der Waals surface area contributed by atoms with E-state index in [1.165, 1.54) is 11.3 Å². The number of para-hydroxylation sites is 1. The third-order valence-corrected chi connectivity index (χ3v) is 5.35. The van der Waals surface area contributed by atoms with Gasteiger partial charge in [0.05, 0.1) is 19.3 Å². The van der Waals surface area contributed by atoms with Gasteiger partial charge < -0.3 is 15.0 Å². The Morgan fingerprint density at radius 1 is 1.35 bits per heavy atom. The van der Waals surface area contributed by atoms with E-state index in [9.17, 15) is 4.79 Å². The zero-order valence-corrected chi connectivity index (χ0v) is 16.4. The van der Waals surface area contributed by atoms with E-state index in [4.69, 9.17) is 4.74 Å². The van der Waals surface area contributed by atoms with Gasteiger partial charge in [-0.3, -0.25) is 9.69 Å². The standard InChI is InChI=1S/C21H33N3O2/c1-16(2)13-23-10-11-26-19(14-23)12-22-21(25)15-24-17(3)8-9-18-6-4-5-7-20(18)24/h4-7,16-17,19H,8-15H2,1-3H3,(H,22,25). The van der Waals surface area contributed by atoms with E-state index < -0.39 is 0 Å². The van der Waals surface area contributed by atoms with Crippen LogP contribution < -0.4 is 10.2 Å². The molecule has 0 bridgehead atoms. The van der Waals surface area contributed by atoms with Crippen molar-refractivity contribution >= 4 is 11.6 Å². The maximum Gasteiger partial charge on any atom is 0.239 e. The summed E-state index contributed by atoms with van der Waals surface area (Å²) in [6.45, 7) is 11.4. The van der Waals surface area contributed by atoms with Crippen LogP contribution in [-0.2, 0) is 16.0 Å². The van der Waals surface area contributed by atoms with Crippen molar-refractivity contribution in [2.24, 2.45) is 5.92 Å². The van der Waals surface area contributed by atoms with Gasteiger partial charge in [0.25, 0.3) is 0 Å². The van der Waals surface area contributed by atoms with Gasteiger partial charge in [-0.15, -0.1) is 0 Å². The summed E-state index contributed by atoms with van der Waals surface area (Å²) in [5, 5.41) is 3.09. The van der Waals surface area contributed by atoms with Crippen LogP contribution in [0.15, 0.2) is 24.3 Å². The number of amides is 1. The van der Waals surface area contributed by atoms with Crippen LogP contribution in [0.2, 0.25) is 0 Å². The van der Waals surface area contributed by atoms with Crippen LogP contribution in [0.4, 0.5) is 5.69 Å². The highest BCUT2D eigenvalue weighted by atomic mass is 16.5. The van der Waals surface area contributed by atoms with Crippen molar-refractivity contribution in [2.45, 2.75) is 45.8 Å². The second-order valence-corrected chi connectivity index (χ2v) is 8.09. The lowest BCUT2D eigenvalue weighted by molar-refractivity contribution is -0.121. The van der Waals surface area contributed by atoms with Crippen molar-refractivity contribution < 1.29 is 9.53 Å². The minimum atomic E-state index is 0.0816. The summed E-state index contributed by atoms with van der Waals surface area (Å²) in [5.41, 5.74) is 2.55. The first-order valence-electron chi connectivity index (χ1n) is 9.98. The number of hydrogen-bond donors (Lipinski definition) is 1. The quantitative estimate of drug-likeness (QED) is 0.847. The van der Waals surface area contributed by atoms with E-state index in [2.05, 4.69) is 60.2 Å².